The third kappa shape index (κ3) is 3.38. The Morgan fingerprint density at radius 1 is 1.42 bits per heavy atom. The summed E-state index contributed by atoms with van der Waals surface area (Å²) in [6.45, 7) is 4.68. The molecule has 1 heterocycles. The molecule has 1 aliphatic heterocycles. The summed E-state index contributed by atoms with van der Waals surface area (Å²) in [5.41, 5.74) is 6.79. The van der Waals surface area contributed by atoms with E-state index in [1.807, 2.05) is 32.0 Å². The van der Waals surface area contributed by atoms with E-state index in [1.54, 1.807) is 0 Å². The number of rotatable bonds is 5. The van der Waals surface area contributed by atoms with Crippen LogP contribution in [0.3, 0.4) is 0 Å². The maximum Gasteiger partial charge on any atom is 0.231 e. The van der Waals surface area contributed by atoms with Gasteiger partial charge in [-0.15, -0.1) is 0 Å². The molecule has 19 heavy (non-hydrogen) atoms. The Balaban J connectivity index is 1.89. The predicted octanol–water partition coefficient (Wildman–Crippen LogP) is 1.40. The molecule has 5 heteroatoms. The van der Waals surface area contributed by atoms with Gasteiger partial charge in [-0.05, 0) is 12.0 Å². The lowest BCUT2D eigenvalue weighted by molar-refractivity contribution is -0.121. The van der Waals surface area contributed by atoms with Crippen molar-refractivity contribution >= 4 is 5.91 Å². The molecule has 0 fully saturated rings. The molecule has 1 amide bonds. The molecule has 5 nitrogen and oxygen atoms in total. The standard InChI is InChI=1S/C14H20N2O3/c1-9(2)11(15)6-13(17)16-7-10-4-3-5-12-14(10)19-8-18-12/h3-5,9,11H,6-8,15H2,1-2H3,(H,16,17). The van der Waals surface area contributed by atoms with E-state index in [-0.39, 0.29) is 18.7 Å². The summed E-state index contributed by atoms with van der Waals surface area (Å²) in [6.07, 6.45) is 0.337. The van der Waals surface area contributed by atoms with E-state index in [4.69, 9.17) is 15.2 Å². The Hall–Kier alpha value is -1.75. The zero-order valence-corrected chi connectivity index (χ0v) is 11.3. The van der Waals surface area contributed by atoms with E-state index in [1.165, 1.54) is 0 Å². The Bertz CT molecular complexity index is 460. The number of nitrogens with two attached hydrogens (primary N) is 1. The van der Waals surface area contributed by atoms with Crippen molar-refractivity contribution in [2.24, 2.45) is 11.7 Å². The lowest BCUT2D eigenvalue weighted by Crippen LogP contribution is -2.34. The fourth-order valence-electron chi connectivity index (χ4n) is 1.85. The van der Waals surface area contributed by atoms with Crippen molar-refractivity contribution in [3.05, 3.63) is 23.8 Å². The Labute approximate surface area is 113 Å². The summed E-state index contributed by atoms with van der Waals surface area (Å²) >= 11 is 0. The van der Waals surface area contributed by atoms with Crippen LogP contribution in [-0.2, 0) is 11.3 Å². The normalized spacial score (nSPS) is 14.5. The minimum absolute atomic E-state index is 0.0438. The minimum Gasteiger partial charge on any atom is -0.454 e. The highest BCUT2D eigenvalue weighted by Crippen LogP contribution is 2.35. The number of carbonyl (C=O) groups excluding carboxylic acids is 1. The molecule has 3 N–H and O–H groups in total. The molecule has 1 aromatic rings. The Kier molecular flexibility index (Phi) is 4.27. The molecular formula is C14H20N2O3. The average molecular weight is 264 g/mol. The maximum absolute atomic E-state index is 11.8. The van der Waals surface area contributed by atoms with Gasteiger partial charge in [-0.25, -0.2) is 0 Å². The van der Waals surface area contributed by atoms with E-state index in [0.29, 0.717) is 18.9 Å². The molecule has 0 bridgehead atoms. The molecule has 0 aliphatic carbocycles. The van der Waals surface area contributed by atoms with E-state index in [2.05, 4.69) is 5.32 Å². The molecule has 0 aromatic heterocycles. The molecule has 1 unspecified atom stereocenters. The first-order valence-corrected chi connectivity index (χ1v) is 6.47. The number of ether oxygens (including phenoxy) is 2. The second-order valence-electron chi connectivity index (χ2n) is 5.04. The van der Waals surface area contributed by atoms with E-state index >= 15 is 0 Å². The van der Waals surface area contributed by atoms with Gasteiger partial charge in [0.2, 0.25) is 12.7 Å². The van der Waals surface area contributed by atoms with Crippen LogP contribution in [-0.4, -0.2) is 18.7 Å². The number of benzene rings is 1. The molecule has 1 aromatic carbocycles. The molecule has 0 radical (unpaired) electrons. The fourth-order valence-corrected chi connectivity index (χ4v) is 1.85. The van der Waals surface area contributed by atoms with Gasteiger partial charge in [-0.2, -0.15) is 0 Å². The van der Waals surface area contributed by atoms with Crippen molar-refractivity contribution in [3.8, 4) is 11.5 Å². The molecule has 0 spiro atoms. The third-order valence-electron chi connectivity index (χ3n) is 3.23. The van der Waals surface area contributed by atoms with Crippen LogP contribution in [0.5, 0.6) is 11.5 Å². The lowest BCUT2D eigenvalue weighted by Gasteiger charge is -2.15. The highest BCUT2D eigenvalue weighted by Gasteiger charge is 2.18. The molecule has 1 atom stereocenters. The van der Waals surface area contributed by atoms with Crippen LogP contribution in [0.4, 0.5) is 0 Å². The topological polar surface area (TPSA) is 73.6 Å². The van der Waals surface area contributed by atoms with Crippen LogP contribution in [0.1, 0.15) is 25.8 Å². The maximum atomic E-state index is 11.8. The van der Waals surface area contributed by atoms with Crippen LogP contribution in [0, 0.1) is 5.92 Å². The predicted molar refractivity (Wildman–Crippen MR) is 71.8 cm³/mol. The summed E-state index contributed by atoms with van der Waals surface area (Å²) in [7, 11) is 0. The quantitative estimate of drug-likeness (QED) is 0.843. The van der Waals surface area contributed by atoms with E-state index in [9.17, 15) is 4.79 Å². The van der Waals surface area contributed by atoms with Gasteiger partial charge in [-0.1, -0.05) is 26.0 Å². The number of para-hydroxylation sites is 1. The van der Waals surface area contributed by atoms with Crippen molar-refractivity contribution in [2.45, 2.75) is 32.9 Å². The summed E-state index contributed by atoms with van der Waals surface area (Å²) < 4.78 is 10.7. The van der Waals surface area contributed by atoms with Gasteiger partial charge >= 0.3 is 0 Å². The highest BCUT2D eigenvalue weighted by molar-refractivity contribution is 5.76. The monoisotopic (exact) mass is 264 g/mol. The van der Waals surface area contributed by atoms with Crippen LogP contribution in [0.15, 0.2) is 18.2 Å². The van der Waals surface area contributed by atoms with Gasteiger partial charge in [-0.3, -0.25) is 4.79 Å². The van der Waals surface area contributed by atoms with E-state index < -0.39 is 0 Å². The molecule has 2 rings (SSSR count). The van der Waals surface area contributed by atoms with Gasteiger partial charge in [0.15, 0.2) is 11.5 Å². The number of fused-ring (bicyclic) bond motifs is 1. The minimum atomic E-state index is -0.110. The number of carbonyl (C=O) groups is 1. The van der Waals surface area contributed by atoms with Crippen LogP contribution < -0.4 is 20.5 Å². The Morgan fingerprint density at radius 3 is 2.95 bits per heavy atom. The molecule has 1 aliphatic rings. The van der Waals surface area contributed by atoms with Gasteiger partial charge in [0.1, 0.15) is 0 Å². The van der Waals surface area contributed by atoms with E-state index in [0.717, 1.165) is 17.1 Å². The van der Waals surface area contributed by atoms with Gasteiger partial charge in [0.05, 0.1) is 0 Å². The van der Waals surface area contributed by atoms with Crippen molar-refractivity contribution < 1.29 is 14.3 Å². The first-order chi connectivity index (χ1) is 9.08. The van der Waals surface area contributed by atoms with Gasteiger partial charge in [0.25, 0.3) is 0 Å². The lowest BCUT2D eigenvalue weighted by atomic mass is 10.0. The van der Waals surface area contributed by atoms with Gasteiger partial charge < -0.3 is 20.5 Å². The first-order valence-electron chi connectivity index (χ1n) is 6.47. The summed E-state index contributed by atoms with van der Waals surface area (Å²) in [5, 5.41) is 2.86. The summed E-state index contributed by atoms with van der Waals surface area (Å²) in [6, 6.07) is 5.54. The third-order valence-corrected chi connectivity index (χ3v) is 3.23. The van der Waals surface area contributed by atoms with Crippen molar-refractivity contribution in [1.82, 2.24) is 5.32 Å². The van der Waals surface area contributed by atoms with Crippen LogP contribution >= 0.6 is 0 Å². The fraction of sp³-hybridized carbons (Fsp3) is 0.500. The summed E-state index contributed by atoms with van der Waals surface area (Å²) in [4.78, 5) is 11.8. The second kappa shape index (κ2) is 5.93. The zero-order chi connectivity index (χ0) is 13.8. The van der Waals surface area contributed by atoms with Gasteiger partial charge in [0, 0.05) is 24.6 Å². The number of nitrogens with one attached hydrogen (secondary N) is 1. The van der Waals surface area contributed by atoms with Crippen molar-refractivity contribution in [1.29, 1.82) is 0 Å². The largest absolute Gasteiger partial charge is 0.454 e. The molecule has 0 saturated carbocycles. The SMILES string of the molecule is CC(C)C(N)CC(=O)NCc1cccc2c1OCO2. The Morgan fingerprint density at radius 2 is 2.21 bits per heavy atom. The molecule has 0 saturated heterocycles. The number of hydrogen-bond acceptors (Lipinski definition) is 4. The van der Waals surface area contributed by atoms with Crippen LogP contribution in [0.25, 0.3) is 0 Å². The second-order valence-corrected chi connectivity index (χ2v) is 5.04. The first kappa shape index (κ1) is 13.7. The number of hydrogen-bond donors (Lipinski definition) is 2. The zero-order valence-electron chi connectivity index (χ0n) is 11.3. The smallest absolute Gasteiger partial charge is 0.231 e. The molecular weight excluding hydrogens is 244 g/mol. The average Bonchev–Trinajstić information content (AvgIpc) is 2.84. The number of amides is 1. The molecule has 104 valence electrons. The highest BCUT2D eigenvalue weighted by atomic mass is 16.7. The van der Waals surface area contributed by atoms with Crippen LogP contribution in [0.2, 0.25) is 0 Å². The van der Waals surface area contributed by atoms with Crippen molar-refractivity contribution in [2.75, 3.05) is 6.79 Å². The van der Waals surface area contributed by atoms with Crippen molar-refractivity contribution in [3.63, 3.8) is 0 Å². The summed E-state index contributed by atoms with van der Waals surface area (Å²) in [5.74, 6) is 1.70.